The van der Waals surface area contributed by atoms with Gasteiger partial charge in [0, 0.05) is 17.8 Å². The fourth-order valence-electron chi connectivity index (χ4n) is 2.25. The summed E-state index contributed by atoms with van der Waals surface area (Å²) in [6.07, 6.45) is 0. The van der Waals surface area contributed by atoms with Crippen molar-refractivity contribution >= 4 is 17.5 Å². The highest BCUT2D eigenvalue weighted by molar-refractivity contribution is 6.23. The Morgan fingerprint density at radius 2 is 1.95 bits per heavy atom. The zero-order chi connectivity index (χ0) is 15.0. The second kappa shape index (κ2) is 4.90. The van der Waals surface area contributed by atoms with Gasteiger partial charge in [-0.1, -0.05) is 6.07 Å². The Kier molecular flexibility index (Phi) is 3.06. The van der Waals surface area contributed by atoms with Crippen molar-refractivity contribution in [1.82, 2.24) is 5.32 Å². The Morgan fingerprint density at radius 3 is 2.76 bits per heavy atom. The Morgan fingerprint density at radius 1 is 1.14 bits per heavy atom. The third-order valence-corrected chi connectivity index (χ3v) is 3.27. The van der Waals surface area contributed by atoms with Gasteiger partial charge in [-0.2, -0.15) is 0 Å². The highest BCUT2D eigenvalue weighted by atomic mass is 19.1. The van der Waals surface area contributed by atoms with E-state index in [-0.39, 0.29) is 17.9 Å². The van der Waals surface area contributed by atoms with Crippen molar-refractivity contribution in [2.24, 2.45) is 0 Å². The highest BCUT2D eigenvalue weighted by Crippen LogP contribution is 2.26. The van der Waals surface area contributed by atoms with E-state index in [0.29, 0.717) is 16.8 Å². The first-order valence-electron chi connectivity index (χ1n) is 6.26. The molecule has 6 heteroatoms. The van der Waals surface area contributed by atoms with Crippen LogP contribution in [-0.4, -0.2) is 16.9 Å². The molecular formula is C15H11FN2O3. The molecule has 106 valence electrons. The summed E-state index contributed by atoms with van der Waals surface area (Å²) in [5.74, 6) is -1.42. The average molecular weight is 286 g/mol. The van der Waals surface area contributed by atoms with Crippen LogP contribution in [0, 0.1) is 5.82 Å². The lowest BCUT2D eigenvalue weighted by atomic mass is 10.1. The van der Waals surface area contributed by atoms with Crippen molar-refractivity contribution in [1.29, 1.82) is 0 Å². The highest BCUT2D eigenvalue weighted by Gasteiger charge is 2.29. The van der Waals surface area contributed by atoms with E-state index in [9.17, 15) is 19.1 Å². The molecule has 5 nitrogen and oxygen atoms in total. The molecule has 1 aliphatic rings. The van der Waals surface area contributed by atoms with Crippen molar-refractivity contribution in [3.05, 3.63) is 58.9 Å². The Bertz CT molecular complexity index is 759. The fraction of sp³-hybridized carbons (Fsp3) is 0.0667. The number of nitrogens with one attached hydrogen (secondary N) is 2. The van der Waals surface area contributed by atoms with Gasteiger partial charge in [0.15, 0.2) is 0 Å². The number of rotatable bonds is 3. The second-order valence-corrected chi connectivity index (χ2v) is 4.64. The number of halogens is 1. The molecule has 3 rings (SSSR count). The van der Waals surface area contributed by atoms with Crippen LogP contribution < -0.4 is 10.6 Å². The molecule has 1 heterocycles. The lowest BCUT2D eigenvalue weighted by Crippen LogP contribution is -2.20. The van der Waals surface area contributed by atoms with Crippen LogP contribution in [0.3, 0.4) is 0 Å². The summed E-state index contributed by atoms with van der Waals surface area (Å²) in [5.41, 5.74) is 1.38. The van der Waals surface area contributed by atoms with Crippen molar-refractivity contribution in [2.45, 2.75) is 6.54 Å². The molecule has 2 aromatic rings. The Hall–Kier alpha value is -2.89. The molecular weight excluding hydrogens is 275 g/mol. The maximum absolute atomic E-state index is 13.2. The number of phenolic OH excluding ortho intramolecular Hbond substituents is 1. The number of amides is 2. The van der Waals surface area contributed by atoms with E-state index in [4.69, 9.17) is 0 Å². The summed E-state index contributed by atoms with van der Waals surface area (Å²) in [6, 6.07) is 8.47. The lowest BCUT2D eigenvalue weighted by molar-refractivity contribution is 0.0880. The maximum Gasteiger partial charge on any atom is 0.261 e. The summed E-state index contributed by atoms with van der Waals surface area (Å²) in [6.45, 7) is 0.127. The molecule has 0 saturated heterocycles. The molecule has 3 N–H and O–H groups in total. The van der Waals surface area contributed by atoms with Crippen LogP contribution in [0.2, 0.25) is 0 Å². The van der Waals surface area contributed by atoms with E-state index in [1.54, 1.807) is 18.2 Å². The minimum Gasteiger partial charge on any atom is -0.508 e. The number of hydrogen-bond donors (Lipinski definition) is 3. The first kappa shape index (κ1) is 13.1. The van der Waals surface area contributed by atoms with Crippen LogP contribution >= 0.6 is 0 Å². The maximum atomic E-state index is 13.2. The second-order valence-electron chi connectivity index (χ2n) is 4.64. The number of benzene rings is 2. The van der Waals surface area contributed by atoms with Gasteiger partial charge in [-0.3, -0.25) is 14.9 Å². The van der Waals surface area contributed by atoms with E-state index < -0.39 is 17.6 Å². The number of anilines is 1. The predicted molar refractivity (Wildman–Crippen MR) is 73.6 cm³/mol. The van der Waals surface area contributed by atoms with Gasteiger partial charge in [-0.15, -0.1) is 0 Å². The molecule has 0 bridgehead atoms. The summed E-state index contributed by atoms with van der Waals surface area (Å²) >= 11 is 0. The normalized spacial score (nSPS) is 13.0. The van der Waals surface area contributed by atoms with Crippen LogP contribution in [0.15, 0.2) is 36.4 Å². The zero-order valence-corrected chi connectivity index (χ0v) is 10.8. The average Bonchev–Trinajstić information content (AvgIpc) is 2.76. The van der Waals surface area contributed by atoms with Crippen LogP contribution in [0.4, 0.5) is 10.1 Å². The summed E-state index contributed by atoms with van der Waals surface area (Å²) < 4.78 is 13.2. The third-order valence-electron chi connectivity index (χ3n) is 3.27. The van der Waals surface area contributed by atoms with Crippen molar-refractivity contribution < 1.29 is 19.1 Å². The SMILES string of the molecule is O=C1NC(=O)c2c(NCc3cc(F)ccc3O)cccc21. The van der Waals surface area contributed by atoms with E-state index in [2.05, 4.69) is 10.6 Å². The molecule has 2 amide bonds. The van der Waals surface area contributed by atoms with Gasteiger partial charge in [0.2, 0.25) is 0 Å². The number of carbonyl (C=O) groups is 2. The molecule has 0 aliphatic carbocycles. The summed E-state index contributed by atoms with van der Waals surface area (Å²) in [5, 5.41) is 14.8. The smallest absolute Gasteiger partial charge is 0.261 e. The first-order valence-corrected chi connectivity index (χ1v) is 6.26. The van der Waals surface area contributed by atoms with Gasteiger partial charge < -0.3 is 10.4 Å². The van der Waals surface area contributed by atoms with Gasteiger partial charge in [0.25, 0.3) is 11.8 Å². The number of aromatic hydroxyl groups is 1. The van der Waals surface area contributed by atoms with E-state index >= 15 is 0 Å². The largest absolute Gasteiger partial charge is 0.508 e. The van der Waals surface area contributed by atoms with Gasteiger partial charge in [-0.25, -0.2) is 4.39 Å². The molecule has 21 heavy (non-hydrogen) atoms. The van der Waals surface area contributed by atoms with Crippen LogP contribution in [0.25, 0.3) is 0 Å². The van der Waals surface area contributed by atoms with Gasteiger partial charge in [0.1, 0.15) is 11.6 Å². The molecule has 0 aromatic heterocycles. The first-order chi connectivity index (χ1) is 10.1. The van der Waals surface area contributed by atoms with Crippen LogP contribution in [0.5, 0.6) is 5.75 Å². The predicted octanol–water partition coefficient (Wildman–Crippen LogP) is 2.03. The molecule has 0 saturated carbocycles. The van der Waals surface area contributed by atoms with E-state index in [1.807, 2.05) is 0 Å². The van der Waals surface area contributed by atoms with Crippen molar-refractivity contribution in [2.75, 3.05) is 5.32 Å². The molecule has 1 aliphatic heterocycles. The number of phenols is 1. The lowest BCUT2D eigenvalue weighted by Gasteiger charge is -2.10. The molecule has 0 spiro atoms. The summed E-state index contributed by atoms with van der Waals surface area (Å²) in [4.78, 5) is 23.3. The van der Waals surface area contributed by atoms with Crippen LogP contribution in [0.1, 0.15) is 26.3 Å². The quantitative estimate of drug-likeness (QED) is 0.754. The van der Waals surface area contributed by atoms with Crippen LogP contribution in [-0.2, 0) is 6.54 Å². The zero-order valence-electron chi connectivity index (χ0n) is 10.8. The molecule has 2 aromatic carbocycles. The van der Waals surface area contributed by atoms with Crippen molar-refractivity contribution in [3.8, 4) is 5.75 Å². The third kappa shape index (κ3) is 2.31. The van der Waals surface area contributed by atoms with Gasteiger partial charge in [0.05, 0.1) is 11.1 Å². The number of fused-ring (bicyclic) bond motifs is 1. The fourth-order valence-corrected chi connectivity index (χ4v) is 2.25. The van der Waals surface area contributed by atoms with Crippen molar-refractivity contribution in [3.63, 3.8) is 0 Å². The Balaban J connectivity index is 1.89. The summed E-state index contributed by atoms with van der Waals surface area (Å²) in [7, 11) is 0. The Labute approximate surface area is 119 Å². The molecule has 0 unspecified atom stereocenters. The standard InChI is InChI=1S/C15H11FN2O3/c16-9-4-5-12(19)8(6-9)7-17-11-3-1-2-10-13(11)15(21)18-14(10)20/h1-6,17,19H,7H2,(H,18,20,21). The minimum atomic E-state index is -0.471. The number of hydrogen-bond acceptors (Lipinski definition) is 4. The molecule has 0 fully saturated rings. The van der Waals surface area contributed by atoms with E-state index in [0.717, 1.165) is 6.07 Å². The minimum absolute atomic E-state index is 0.0444. The molecule has 0 atom stereocenters. The van der Waals surface area contributed by atoms with Gasteiger partial charge >= 0.3 is 0 Å². The number of imide groups is 1. The monoisotopic (exact) mass is 286 g/mol. The van der Waals surface area contributed by atoms with E-state index in [1.165, 1.54) is 12.1 Å². The number of carbonyl (C=O) groups excluding carboxylic acids is 2. The molecule has 0 radical (unpaired) electrons. The topological polar surface area (TPSA) is 78.4 Å². The van der Waals surface area contributed by atoms with Gasteiger partial charge in [-0.05, 0) is 30.3 Å².